The molecule has 0 spiro atoms. The third-order valence-electron chi connectivity index (χ3n) is 3.62. The lowest BCUT2D eigenvalue weighted by Crippen LogP contribution is -2.35. The van der Waals surface area contributed by atoms with Crippen molar-refractivity contribution in [2.24, 2.45) is 0 Å². The number of hydrogen-bond acceptors (Lipinski definition) is 5. The Labute approximate surface area is 138 Å². The number of ether oxygens (including phenoxy) is 1. The third-order valence-corrected chi connectivity index (χ3v) is 3.62. The molecule has 24 heavy (non-hydrogen) atoms. The van der Waals surface area contributed by atoms with Crippen molar-refractivity contribution in [3.05, 3.63) is 65.6 Å². The number of carbonyl (C=O) groups excluding carboxylic acids is 2. The van der Waals surface area contributed by atoms with E-state index in [1.54, 1.807) is 24.3 Å². The molecule has 3 rings (SSSR count). The van der Waals surface area contributed by atoms with Crippen LogP contribution in [0.25, 0.3) is 5.65 Å². The maximum absolute atomic E-state index is 12.6. The van der Waals surface area contributed by atoms with Crippen molar-refractivity contribution in [2.45, 2.75) is 13.0 Å². The smallest absolute Gasteiger partial charge is 0.333 e. The van der Waals surface area contributed by atoms with E-state index in [-0.39, 0.29) is 5.69 Å². The number of pyridine rings is 1. The summed E-state index contributed by atoms with van der Waals surface area (Å²) in [6.45, 7) is 1.91. The maximum Gasteiger partial charge on any atom is 0.333 e. The van der Waals surface area contributed by atoms with E-state index < -0.39 is 17.9 Å². The van der Waals surface area contributed by atoms with E-state index in [4.69, 9.17) is 4.74 Å². The van der Waals surface area contributed by atoms with E-state index in [9.17, 15) is 9.59 Å². The molecule has 0 saturated carbocycles. The molecule has 0 saturated heterocycles. The Bertz CT molecular complexity index is 903. The number of carbonyl (C=O) groups is 2. The van der Waals surface area contributed by atoms with Crippen molar-refractivity contribution >= 4 is 17.5 Å². The molecule has 7 nitrogen and oxygen atoms in total. The number of methoxy groups -OCH3 is 1. The summed E-state index contributed by atoms with van der Waals surface area (Å²) in [6, 6.07) is 11.5. The molecule has 0 bridgehead atoms. The number of nitrogens with one attached hydrogen (secondary N) is 1. The van der Waals surface area contributed by atoms with Crippen LogP contribution < -0.4 is 5.32 Å². The quantitative estimate of drug-likeness (QED) is 0.738. The molecule has 0 radical (unpaired) electrons. The summed E-state index contributed by atoms with van der Waals surface area (Å²) in [5, 5.41) is 6.73. The second kappa shape index (κ2) is 6.49. The lowest BCUT2D eigenvalue weighted by atomic mass is 10.0. The zero-order chi connectivity index (χ0) is 17.1. The molecule has 0 aliphatic rings. The summed E-state index contributed by atoms with van der Waals surface area (Å²) in [5.74, 6) is -0.984. The Morgan fingerprint density at radius 1 is 1.21 bits per heavy atom. The van der Waals surface area contributed by atoms with Crippen LogP contribution in [0.5, 0.6) is 0 Å². The van der Waals surface area contributed by atoms with Crippen molar-refractivity contribution in [2.75, 3.05) is 7.11 Å². The van der Waals surface area contributed by atoms with Gasteiger partial charge in [0.15, 0.2) is 11.7 Å². The van der Waals surface area contributed by atoms with Crippen LogP contribution in [0, 0.1) is 6.92 Å². The topological polar surface area (TPSA) is 85.6 Å². The van der Waals surface area contributed by atoms with Crippen LogP contribution in [0.1, 0.15) is 27.7 Å². The first-order valence-electron chi connectivity index (χ1n) is 7.34. The van der Waals surface area contributed by atoms with Gasteiger partial charge in [-0.3, -0.25) is 4.79 Å². The zero-order valence-electron chi connectivity index (χ0n) is 13.3. The number of nitrogens with zero attached hydrogens (tertiary/aromatic N) is 3. The summed E-state index contributed by atoms with van der Waals surface area (Å²) >= 11 is 0. The minimum Gasteiger partial charge on any atom is -0.467 e. The van der Waals surface area contributed by atoms with Gasteiger partial charge in [0, 0.05) is 0 Å². The van der Waals surface area contributed by atoms with Crippen molar-refractivity contribution in [3.63, 3.8) is 0 Å². The summed E-state index contributed by atoms with van der Waals surface area (Å²) in [6.07, 6.45) is 1.37. The number of fused-ring (bicyclic) bond motifs is 1. The largest absolute Gasteiger partial charge is 0.467 e. The molecule has 0 aliphatic carbocycles. The molecule has 1 amide bonds. The van der Waals surface area contributed by atoms with Gasteiger partial charge in [-0.25, -0.2) is 14.3 Å². The lowest BCUT2D eigenvalue weighted by molar-refractivity contribution is -0.143. The highest BCUT2D eigenvalue weighted by Crippen LogP contribution is 2.17. The Hall–Kier alpha value is -3.22. The van der Waals surface area contributed by atoms with E-state index in [0.717, 1.165) is 5.56 Å². The first kappa shape index (κ1) is 15.7. The summed E-state index contributed by atoms with van der Waals surface area (Å²) in [7, 11) is 1.29. The van der Waals surface area contributed by atoms with E-state index in [1.165, 1.54) is 18.0 Å². The fourth-order valence-corrected chi connectivity index (χ4v) is 2.47. The average Bonchev–Trinajstić information content (AvgIpc) is 3.07. The molecule has 7 heteroatoms. The van der Waals surface area contributed by atoms with E-state index >= 15 is 0 Å². The van der Waals surface area contributed by atoms with Gasteiger partial charge in [-0.2, -0.15) is 5.10 Å². The number of rotatable bonds is 4. The van der Waals surface area contributed by atoms with E-state index in [0.29, 0.717) is 11.2 Å². The molecule has 122 valence electrons. The van der Waals surface area contributed by atoms with Crippen LogP contribution in [0.3, 0.4) is 0 Å². The molecule has 0 fully saturated rings. The predicted molar refractivity (Wildman–Crippen MR) is 86.4 cm³/mol. The first-order valence-corrected chi connectivity index (χ1v) is 7.34. The number of aryl methyl sites for hydroxylation is 1. The monoisotopic (exact) mass is 324 g/mol. The highest BCUT2D eigenvalue weighted by Gasteiger charge is 2.25. The first-order chi connectivity index (χ1) is 11.6. The molecule has 3 aromatic rings. The molecule has 2 heterocycles. The maximum atomic E-state index is 12.6. The number of benzene rings is 1. The van der Waals surface area contributed by atoms with Crippen LogP contribution in [0.4, 0.5) is 0 Å². The highest BCUT2D eigenvalue weighted by atomic mass is 16.5. The summed E-state index contributed by atoms with van der Waals surface area (Å²) in [4.78, 5) is 28.8. The molecule has 0 aliphatic heterocycles. The third kappa shape index (κ3) is 2.96. The molecule has 1 aromatic carbocycles. The van der Waals surface area contributed by atoms with Crippen molar-refractivity contribution in [1.82, 2.24) is 19.9 Å². The Kier molecular flexibility index (Phi) is 4.24. The molecule has 2 aromatic heterocycles. The Morgan fingerprint density at radius 2 is 2.00 bits per heavy atom. The fourth-order valence-electron chi connectivity index (χ4n) is 2.47. The van der Waals surface area contributed by atoms with Gasteiger partial charge in [-0.15, -0.1) is 0 Å². The van der Waals surface area contributed by atoms with Crippen LogP contribution in [0.2, 0.25) is 0 Å². The van der Waals surface area contributed by atoms with Gasteiger partial charge in [-0.05, 0) is 24.6 Å². The van der Waals surface area contributed by atoms with Crippen molar-refractivity contribution < 1.29 is 14.3 Å². The fraction of sp³-hybridized carbons (Fsp3) is 0.176. The van der Waals surface area contributed by atoms with Gasteiger partial charge >= 0.3 is 5.97 Å². The number of hydrogen-bond donors (Lipinski definition) is 1. The second-order valence-electron chi connectivity index (χ2n) is 5.28. The number of aromatic nitrogens is 3. The van der Waals surface area contributed by atoms with Gasteiger partial charge < -0.3 is 10.1 Å². The predicted octanol–water partition coefficient (Wildman–Crippen LogP) is 1.68. The van der Waals surface area contributed by atoms with Gasteiger partial charge in [-0.1, -0.05) is 35.9 Å². The number of esters is 1. The second-order valence-corrected chi connectivity index (χ2v) is 5.28. The minimum atomic E-state index is -0.902. The van der Waals surface area contributed by atoms with Crippen molar-refractivity contribution in [3.8, 4) is 0 Å². The minimum absolute atomic E-state index is 0.284. The Balaban J connectivity index is 1.94. The summed E-state index contributed by atoms with van der Waals surface area (Å²) < 4.78 is 6.24. The number of amides is 1. The molecular weight excluding hydrogens is 308 g/mol. The van der Waals surface area contributed by atoms with Crippen LogP contribution in [-0.4, -0.2) is 33.6 Å². The van der Waals surface area contributed by atoms with Gasteiger partial charge in [0.25, 0.3) is 5.91 Å². The highest BCUT2D eigenvalue weighted by molar-refractivity contribution is 5.96. The van der Waals surface area contributed by atoms with E-state index in [2.05, 4.69) is 15.4 Å². The molecule has 1 atom stereocenters. The van der Waals surface area contributed by atoms with Gasteiger partial charge in [0.05, 0.1) is 7.11 Å². The Morgan fingerprint density at radius 3 is 2.75 bits per heavy atom. The zero-order valence-corrected chi connectivity index (χ0v) is 13.3. The van der Waals surface area contributed by atoms with Gasteiger partial charge in [0.2, 0.25) is 0 Å². The standard InChI is InChI=1S/C17H16N4O3/c1-11-5-3-6-12(9-11)15(17(23)24-2)20-16(22)13-7-4-8-14-18-10-19-21(13)14/h3-10,15H,1-2H3,(H,20,22). The molecular formula is C17H16N4O3. The summed E-state index contributed by atoms with van der Waals surface area (Å²) in [5.41, 5.74) is 2.47. The van der Waals surface area contributed by atoms with Crippen LogP contribution >= 0.6 is 0 Å². The average molecular weight is 324 g/mol. The lowest BCUT2D eigenvalue weighted by Gasteiger charge is -2.17. The van der Waals surface area contributed by atoms with Crippen molar-refractivity contribution in [1.29, 1.82) is 0 Å². The molecule has 1 N–H and O–H groups in total. The SMILES string of the molecule is COC(=O)C(NC(=O)c1cccc2ncnn12)c1cccc(C)c1. The van der Waals surface area contributed by atoms with Gasteiger partial charge in [0.1, 0.15) is 12.0 Å². The van der Waals surface area contributed by atoms with Crippen LogP contribution in [0.15, 0.2) is 48.8 Å². The molecule has 1 unspecified atom stereocenters. The van der Waals surface area contributed by atoms with E-state index in [1.807, 2.05) is 25.1 Å². The van der Waals surface area contributed by atoms with Crippen LogP contribution in [-0.2, 0) is 9.53 Å². The normalized spacial score (nSPS) is 11.9.